The zero-order chi connectivity index (χ0) is 10.5. The molecule has 0 aromatic heterocycles. The van der Waals surface area contributed by atoms with Crippen LogP contribution in [0.1, 0.15) is 39.5 Å². The summed E-state index contributed by atoms with van der Waals surface area (Å²) >= 11 is 0. The molecule has 14 heavy (non-hydrogen) atoms. The van der Waals surface area contributed by atoms with Crippen LogP contribution in [0.4, 0.5) is 0 Å². The van der Waals surface area contributed by atoms with Crippen molar-refractivity contribution in [1.29, 1.82) is 0 Å². The second-order valence-electron chi connectivity index (χ2n) is 4.36. The Morgan fingerprint density at radius 1 is 0.786 bits per heavy atom. The van der Waals surface area contributed by atoms with Gasteiger partial charge < -0.3 is 4.74 Å². The number of rotatable bonds is 1. The van der Waals surface area contributed by atoms with Gasteiger partial charge in [0.25, 0.3) is 0 Å². The van der Waals surface area contributed by atoms with Gasteiger partial charge in [0, 0.05) is 0 Å². The molecule has 0 amide bonds. The molecule has 1 heteroatoms. The van der Waals surface area contributed by atoms with Gasteiger partial charge in [0.05, 0.1) is 6.61 Å². The average Bonchev–Trinajstić information content (AvgIpc) is 2.96. The molecule has 1 aliphatic rings. The Balaban J connectivity index is 2.69. The Bertz CT molecular complexity index is 358. The van der Waals surface area contributed by atoms with Crippen LogP contribution in [0.25, 0.3) is 0 Å². The largest absolute Gasteiger partial charge is 0.368 e. The van der Waals surface area contributed by atoms with Gasteiger partial charge in [0.2, 0.25) is 0 Å². The average molecular weight is 190 g/mol. The van der Waals surface area contributed by atoms with Crippen LogP contribution in [-0.4, -0.2) is 6.61 Å². The van der Waals surface area contributed by atoms with E-state index in [1.807, 2.05) is 0 Å². The van der Waals surface area contributed by atoms with E-state index in [0.717, 1.165) is 6.61 Å². The van der Waals surface area contributed by atoms with Crippen molar-refractivity contribution in [2.24, 2.45) is 0 Å². The molecule has 0 N–H and O–H groups in total. The van der Waals surface area contributed by atoms with Gasteiger partial charge in [-0.3, -0.25) is 0 Å². The van der Waals surface area contributed by atoms with Crippen LogP contribution < -0.4 is 0 Å². The van der Waals surface area contributed by atoms with E-state index in [4.69, 9.17) is 4.74 Å². The van der Waals surface area contributed by atoms with Crippen LogP contribution >= 0.6 is 0 Å². The van der Waals surface area contributed by atoms with E-state index in [2.05, 4.69) is 34.6 Å². The molecule has 76 valence electrons. The molecule has 1 aliphatic heterocycles. The first-order valence-electron chi connectivity index (χ1n) is 5.22. The summed E-state index contributed by atoms with van der Waals surface area (Å²) < 4.78 is 5.41. The molecule has 1 nitrogen and oxygen atoms in total. The second-order valence-corrected chi connectivity index (χ2v) is 4.36. The SMILES string of the molecule is Cc1c(C)c(C)c(C2CO2)c(C)c1C. The highest BCUT2D eigenvalue weighted by molar-refractivity contribution is 5.51. The van der Waals surface area contributed by atoms with Crippen LogP contribution in [-0.2, 0) is 4.74 Å². The smallest absolute Gasteiger partial charge is 0.106 e. The summed E-state index contributed by atoms with van der Waals surface area (Å²) in [5, 5.41) is 0. The maximum atomic E-state index is 5.41. The first-order chi connectivity index (χ1) is 6.54. The Labute approximate surface area is 86.1 Å². The summed E-state index contributed by atoms with van der Waals surface area (Å²) in [4.78, 5) is 0. The summed E-state index contributed by atoms with van der Waals surface area (Å²) in [5.41, 5.74) is 8.58. The predicted octanol–water partition coefficient (Wildman–Crippen LogP) is 3.30. The fourth-order valence-corrected chi connectivity index (χ4v) is 2.23. The maximum Gasteiger partial charge on any atom is 0.106 e. The van der Waals surface area contributed by atoms with Crippen LogP contribution in [0.5, 0.6) is 0 Å². The summed E-state index contributed by atoms with van der Waals surface area (Å²) in [6, 6.07) is 0. The fourth-order valence-electron chi connectivity index (χ4n) is 2.23. The standard InChI is InChI=1S/C13H18O/c1-7-8(2)10(4)13(12-6-14-12)11(5)9(7)3/h12H,6H2,1-5H3. The minimum Gasteiger partial charge on any atom is -0.368 e. The van der Waals surface area contributed by atoms with E-state index in [-0.39, 0.29) is 0 Å². The van der Waals surface area contributed by atoms with Crippen molar-refractivity contribution in [1.82, 2.24) is 0 Å². The molecule has 1 aromatic rings. The molecule has 0 bridgehead atoms. The van der Waals surface area contributed by atoms with Crippen molar-refractivity contribution >= 4 is 0 Å². The van der Waals surface area contributed by atoms with E-state index in [1.165, 1.54) is 33.4 Å². The molecule has 0 aliphatic carbocycles. The number of epoxide rings is 1. The third kappa shape index (κ3) is 1.27. The van der Waals surface area contributed by atoms with Crippen molar-refractivity contribution in [2.45, 2.75) is 40.7 Å². The van der Waals surface area contributed by atoms with Gasteiger partial charge in [-0.1, -0.05) is 0 Å². The van der Waals surface area contributed by atoms with E-state index in [0.29, 0.717) is 6.10 Å². The lowest BCUT2D eigenvalue weighted by atomic mass is 9.88. The van der Waals surface area contributed by atoms with Crippen molar-refractivity contribution in [3.63, 3.8) is 0 Å². The maximum absolute atomic E-state index is 5.41. The second kappa shape index (κ2) is 3.09. The first-order valence-corrected chi connectivity index (χ1v) is 5.22. The third-order valence-electron chi connectivity index (χ3n) is 3.71. The number of hydrogen-bond donors (Lipinski definition) is 0. The molecule has 1 heterocycles. The highest BCUT2D eigenvalue weighted by Crippen LogP contribution is 2.38. The zero-order valence-electron chi connectivity index (χ0n) is 9.69. The van der Waals surface area contributed by atoms with Gasteiger partial charge in [-0.15, -0.1) is 0 Å². The van der Waals surface area contributed by atoms with Crippen molar-refractivity contribution < 1.29 is 4.74 Å². The molecule has 1 saturated heterocycles. The molecule has 0 radical (unpaired) electrons. The Morgan fingerprint density at radius 3 is 1.50 bits per heavy atom. The molecule has 2 rings (SSSR count). The molecule has 1 unspecified atom stereocenters. The Morgan fingerprint density at radius 2 is 1.14 bits per heavy atom. The summed E-state index contributed by atoms with van der Waals surface area (Å²) in [6.45, 7) is 12.0. The Kier molecular flexibility index (Phi) is 2.15. The third-order valence-corrected chi connectivity index (χ3v) is 3.71. The van der Waals surface area contributed by atoms with E-state index >= 15 is 0 Å². The molecule has 1 aromatic carbocycles. The monoisotopic (exact) mass is 190 g/mol. The lowest BCUT2D eigenvalue weighted by Crippen LogP contribution is -2.01. The van der Waals surface area contributed by atoms with Crippen molar-refractivity contribution in [3.05, 3.63) is 33.4 Å². The van der Waals surface area contributed by atoms with Crippen molar-refractivity contribution in [2.75, 3.05) is 6.61 Å². The van der Waals surface area contributed by atoms with E-state index < -0.39 is 0 Å². The van der Waals surface area contributed by atoms with Crippen LogP contribution in [0.3, 0.4) is 0 Å². The Hall–Kier alpha value is -0.820. The van der Waals surface area contributed by atoms with Crippen LogP contribution in [0, 0.1) is 34.6 Å². The molecule has 0 spiro atoms. The molecule has 1 fully saturated rings. The van der Waals surface area contributed by atoms with Gasteiger partial charge in [-0.05, 0) is 68.0 Å². The number of hydrogen-bond acceptors (Lipinski definition) is 1. The van der Waals surface area contributed by atoms with E-state index in [9.17, 15) is 0 Å². The van der Waals surface area contributed by atoms with E-state index in [1.54, 1.807) is 0 Å². The van der Waals surface area contributed by atoms with Crippen molar-refractivity contribution in [3.8, 4) is 0 Å². The van der Waals surface area contributed by atoms with Crippen LogP contribution in [0.2, 0.25) is 0 Å². The zero-order valence-corrected chi connectivity index (χ0v) is 9.69. The highest BCUT2D eigenvalue weighted by atomic mass is 16.6. The van der Waals surface area contributed by atoms with Gasteiger partial charge in [-0.2, -0.15) is 0 Å². The van der Waals surface area contributed by atoms with Gasteiger partial charge in [-0.25, -0.2) is 0 Å². The first kappa shape index (κ1) is 9.72. The van der Waals surface area contributed by atoms with Gasteiger partial charge >= 0.3 is 0 Å². The molecule has 1 atom stereocenters. The minimum absolute atomic E-state index is 0.382. The lowest BCUT2D eigenvalue weighted by Gasteiger charge is -2.17. The molecule has 0 saturated carbocycles. The number of ether oxygens (including phenoxy) is 1. The summed E-state index contributed by atoms with van der Waals surface area (Å²) in [7, 11) is 0. The summed E-state index contributed by atoms with van der Waals surface area (Å²) in [6.07, 6.45) is 0.382. The van der Waals surface area contributed by atoms with Crippen LogP contribution in [0.15, 0.2) is 0 Å². The highest BCUT2D eigenvalue weighted by Gasteiger charge is 2.29. The molecular formula is C13H18O. The predicted molar refractivity (Wildman–Crippen MR) is 58.8 cm³/mol. The number of benzene rings is 1. The molecular weight excluding hydrogens is 172 g/mol. The quantitative estimate of drug-likeness (QED) is 0.619. The fraction of sp³-hybridized carbons (Fsp3) is 0.538. The lowest BCUT2D eigenvalue weighted by molar-refractivity contribution is 0.414. The summed E-state index contributed by atoms with van der Waals surface area (Å²) in [5.74, 6) is 0. The van der Waals surface area contributed by atoms with Gasteiger partial charge in [0.15, 0.2) is 0 Å². The topological polar surface area (TPSA) is 12.5 Å². The van der Waals surface area contributed by atoms with Gasteiger partial charge in [0.1, 0.15) is 6.10 Å². The normalized spacial score (nSPS) is 19.9. The minimum atomic E-state index is 0.382.